The second-order valence-corrected chi connectivity index (χ2v) is 5.70. The van der Waals surface area contributed by atoms with Gasteiger partial charge in [0.05, 0.1) is 19.3 Å². The standard InChI is InChI=1S/C14H20BrNO3/c1-11-10-19-14(9-17)8-16(11)6-7-18-13-4-2-12(15)3-5-13/h2-5,11,14,17H,6-10H2,1H3. The third-order valence-corrected chi connectivity index (χ3v) is 3.83. The van der Waals surface area contributed by atoms with Gasteiger partial charge < -0.3 is 14.6 Å². The van der Waals surface area contributed by atoms with Crippen molar-refractivity contribution in [2.24, 2.45) is 0 Å². The van der Waals surface area contributed by atoms with Crippen LogP contribution in [0, 0.1) is 0 Å². The first kappa shape index (κ1) is 14.8. The lowest BCUT2D eigenvalue weighted by atomic mass is 10.2. The van der Waals surface area contributed by atoms with Crippen LogP contribution < -0.4 is 4.74 Å². The molecule has 0 spiro atoms. The van der Waals surface area contributed by atoms with Gasteiger partial charge in [0.25, 0.3) is 0 Å². The molecule has 1 aliphatic heterocycles. The monoisotopic (exact) mass is 329 g/mol. The highest BCUT2D eigenvalue weighted by Crippen LogP contribution is 2.16. The Balaban J connectivity index is 1.76. The molecule has 0 aliphatic carbocycles. The van der Waals surface area contributed by atoms with Crippen LogP contribution in [0.2, 0.25) is 0 Å². The van der Waals surface area contributed by atoms with E-state index in [1.54, 1.807) is 0 Å². The minimum Gasteiger partial charge on any atom is -0.492 e. The normalized spacial score (nSPS) is 24.4. The van der Waals surface area contributed by atoms with Crippen molar-refractivity contribution in [1.82, 2.24) is 4.90 Å². The topological polar surface area (TPSA) is 41.9 Å². The van der Waals surface area contributed by atoms with Crippen molar-refractivity contribution in [3.63, 3.8) is 0 Å². The Hall–Kier alpha value is -0.620. The second kappa shape index (κ2) is 7.24. The fraction of sp³-hybridized carbons (Fsp3) is 0.571. The largest absolute Gasteiger partial charge is 0.492 e. The zero-order valence-corrected chi connectivity index (χ0v) is 12.7. The average molecular weight is 330 g/mol. The van der Waals surface area contributed by atoms with Gasteiger partial charge in [0.15, 0.2) is 0 Å². The smallest absolute Gasteiger partial charge is 0.119 e. The van der Waals surface area contributed by atoms with Crippen molar-refractivity contribution >= 4 is 15.9 Å². The van der Waals surface area contributed by atoms with E-state index in [0.29, 0.717) is 19.3 Å². The first-order chi connectivity index (χ1) is 9.19. The Kier molecular flexibility index (Phi) is 5.63. The van der Waals surface area contributed by atoms with Crippen LogP contribution in [0.25, 0.3) is 0 Å². The molecule has 1 aromatic carbocycles. The second-order valence-electron chi connectivity index (χ2n) is 4.78. The minimum absolute atomic E-state index is 0.0659. The summed E-state index contributed by atoms with van der Waals surface area (Å²) >= 11 is 3.40. The van der Waals surface area contributed by atoms with Crippen molar-refractivity contribution in [2.75, 3.05) is 32.9 Å². The molecule has 0 aromatic heterocycles. The Morgan fingerprint density at radius 3 is 2.84 bits per heavy atom. The predicted octanol–water partition coefficient (Wildman–Crippen LogP) is 1.91. The lowest BCUT2D eigenvalue weighted by Gasteiger charge is -2.37. The minimum atomic E-state index is -0.0659. The van der Waals surface area contributed by atoms with Crippen LogP contribution in [-0.4, -0.2) is 55.1 Å². The molecule has 2 unspecified atom stereocenters. The Labute approximate surface area is 122 Å². The Morgan fingerprint density at radius 2 is 2.16 bits per heavy atom. The average Bonchev–Trinajstić information content (AvgIpc) is 2.43. The van der Waals surface area contributed by atoms with Gasteiger partial charge in [-0.25, -0.2) is 0 Å². The van der Waals surface area contributed by atoms with Gasteiger partial charge in [-0.15, -0.1) is 0 Å². The van der Waals surface area contributed by atoms with Gasteiger partial charge in [-0.05, 0) is 31.2 Å². The fourth-order valence-corrected chi connectivity index (χ4v) is 2.37. The van der Waals surface area contributed by atoms with Crippen LogP contribution in [0.1, 0.15) is 6.92 Å². The van der Waals surface area contributed by atoms with Crippen LogP contribution in [0.5, 0.6) is 5.75 Å². The lowest BCUT2D eigenvalue weighted by Crippen LogP contribution is -2.50. The molecule has 1 N–H and O–H groups in total. The van der Waals surface area contributed by atoms with Crippen LogP contribution in [0.15, 0.2) is 28.7 Å². The summed E-state index contributed by atoms with van der Waals surface area (Å²) in [4.78, 5) is 2.29. The van der Waals surface area contributed by atoms with E-state index in [1.165, 1.54) is 0 Å². The van der Waals surface area contributed by atoms with Crippen molar-refractivity contribution in [3.8, 4) is 5.75 Å². The van der Waals surface area contributed by atoms with E-state index in [0.717, 1.165) is 23.3 Å². The van der Waals surface area contributed by atoms with Gasteiger partial charge in [-0.2, -0.15) is 0 Å². The van der Waals surface area contributed by atoms with Crippen LogP contribution in [0.3, 0.4) is 0 Å². The number of ether oxygens (including phenoxy) is 2. The number of halogens is 1. The molecule has 5 heteroatoms. The maximum absolute atomic E-state index is 9.14. The van der Waals surface area contributed by atoms with Gasteiger partial charge in [-0.3, -0.25) is 4.90 Å². The first-order valence-electron chi connectivity index (χ1n) is 6.54. The van der Waals surface area contributed by atoms with Gasteiger partial charge in [0.1, 0.15) is 12.4 Å². The molecule has 106 valence electrons. The van der Waals surface area contributed by atoms with Gasteiger partial charge in [-0.1, -0.05) is 15.9 Å². The Bertz CT molecular complexity index is 385. The summed E-state index contributed by atoms with van der Waals surface area (Å²) in [6.07, 6.45) is -0.0659. The van der Waals surface area contributed by atoms with E-state index in [2.05, 4.69) is 27.8 Å². The molecule has 0 amide bonds. The van der Waals surface area contributed by atoms with Crippen molar-refractivity contribution in [1.29, 1.82) is 0 Å². The lowest BCUT2D eigenvalue weighted by molar-refractivity contribution is -0.0798. The van der Waals surface area contributed by atoms with E-state index in [-0.39, 0.29) is 12.7 Å². The maximum Gasteiger partial charge on any atom is 0.119 e. The number of hydrogen-bond donors (Lipinski definition) is 1. The maximum atomic E-state index is 9.14. The molecule has 0 saturated carbocycles. The van der Waals surface area contributed by atoms with E-state index < -0.39 is 0 Å². The first-order valence-corrected chi connectivity index (χ1v) is 7.33. The molecular formula is C14H20BrNO3. The molecule has 1 aromatic rings. The highest BCUT2D eigenvalue weighted by Gasteiger charge is 2.25. The number of morpholine rings is 1. The summed E-state index contributed by atoms with van der Waals surface area (Å²) in [5.41, 5.74) is 0. The molecule has 1 heterocycles. The molecule has 1 aliphatic rings. The summed E-state index contributed by atoms with van der Waals surface area (Å²) in [7, 11) is 0. The Morgan fingerprint density at radius 1 is 1.42 bits per heavy atom. The number of aliphatic hydroxyl groups is 1. The van der Waals surface area contributed by atoms with Gasteiger partial charge >= 0.3 is 0 Å². The van der Waals surface area contributed by atoms with Crippen molar-refractivity contribution in [2.45, 2.75) is 19.1 Å². The molecule has 2 rings (SSSR count). The molecular weight excluding hydrogens is 310 g/mol. The SMILES string of the molecule is CC1COC(CO)CN1CCOc1ccc(Br)cc1. The third kappa shape index (κ3) is 4.45. The molecule has 0 bridgehead atoms. The highest BCUT2D eigenvalue weighted by molar-refractivity contribution is 9.10. The van der Waals surface area contributed by atoms with Crippen LogP contribution in [-0.2, 0) is 4.74 Å². The third-order valence-electron chi connectivity index (χ3n) is 3.30. The molecule has 4 nitrogen and oxygen atoms in total. The molecule has 1 saturated heterocycles. The van der Waals surface area contributed by atoms with E-state index in [9.17, 15) is 0 Å². The van der Waals surface area contributed by atoms with Gasteiger partial charge in [0, 0.05) is 23.6 Å². The van der Waals surface area contributed by atoms with E-state index in [1.807, 2.05) is 24.3 Å². The number of benzene rings is 1. The fourth-order valence-electron chi connectivity index (χ4n) is 2.11. The van der Waals surface area contributed by atoms with Crippen LogP contribution >= 0.6 is 15.9 Å². The molecule has 19 heavy (non-hydrogen) atoms. The quantitative estimate of drug-likeness (QED) is 0.896. The van der Waals surface area contributed by atoms with E-state index >= 15 is 0 Å². The van der Waals surface area contributed by atoms with Crippen LogP contribution in [0.4, 0.5) is 0 Å². The number of hydrogen-bond acceptors (Lipinski definition) is 4. The molecule has 1 fully saturated rings. The number of nitrogens with zero attached hydrogens (tertiary/aromatic N) is 1. The highest BCUT2D eigenvalue weighted by atomic mass is 79.9. The zero-order chi connectivity index (χ0) is 13.7. The number of rotatable bonds is 5. The van der Waals surface area contributed by atoms with Gasteiger partial charge in [0.2, 0.25) is 0 Å². The predicted molar refractivity (Wildman–Crippen MR) is 77.5 cm³/mol. The van der Waals surface area contributed by atoms with Crippen molar-refractivity contribution in [3.05, 3.63) is 28.7 Å². The summed E-state index contributed by atoms with van der Waals surface area (Å²) in [5, 5.41) is 9.14. The molecule has 2 atom stereocenters. The summed E-state index contributed by atoms with van der Waals surface area (Å²) in [6.45, 7) is 5.14. The summed E-state index contributed by atoms with van der Waals surface area (Å²) in [6, 6.07) is 8.20. The van der Waals surface area contributed by atoms with Crippen molar-refractivity contribution < 1.29 is 14.6 Å². The summed E-state index contributed by atoms with van der Waals surface area (Å²) in [5.74, 6) is 0.878. The molecule has 0 radical (unpaired) electrons. The van der Waals surface area contributed by atoms with E-state index in [4.69, 9.17) is 14.6 Å². The summed E-state index contributed by atoms with van der Waals surface area (Å²) < 4.78 is 12.3. The number of aliphatic hydroxyl groups excluding tert-OH is 1. The zero-order valence-electron chi connectivity index (χ0n) is 11.1.